The number of carbonyl (C=O) groups excluding carboxylic acids is 1. The van der Waals surface area contributed by atoms with Gasteiger partial charge in [-0.05, 0) is 53.6 Å². The van der Waals surface area contributed by atoms with E-state index in [1.54, 1.807) is 18.2 Å². The number of carbonyl (C=O) groups is 1. The zero-order valence-electron chi connectivity index (χ0n) is 13.4. The van der Waals surface area contributed by atoms with Gasteiger partial charge in [0, 0.05) is 7.05 Å². The molecule has 4 nitrogen and oxygen atoms in total. The van der Waals surface area contributed by atoms with Crippen molar-refractivity contribution in [2.24, 2.45) is 10.7 Å². The molecule has 130 valence electrons. The lowest BCUT2D eigenvalue weighted by Crippen LogP contribution is -2.22. The van der Waals surface area contributed by atoms with E-state index < -0.39 is 17.7 Å². The van der Waals surface area contributed by atoms with Crippen LogP contribution in [0.25, 0.3) is 0 Å². The van der Waals surface area contributed by atoms with Crippen molar-refractivity contribution in [3.05, 3.63) is 69.2 Å². The topological polar surface area (TPSA) is 67.5 Å². The van der Waals surface area contributed by atoms with Crippen LogP contribution in [0, 0.1) is 11.6 Å². The van der Waals surface area contributed by atoms with Crippen molar-refractivity contribution >= 4 is 23.5 Å². The minimum absolute atomic E-state index is 0.0654. The molecule has 0 fully saturated rings. The first-order valence-corrected chi connectivity index (χ1v) is 8.10. The van der Waals surface area contributed by atoms with Crippen LogP contribution in [0.2, 0.25) is 5.02 Å². The highest BCUT2D eigenvalue weighted by Crippen LogP contribution is 2.37. The fourth-order valence-electron chi connectivity index (χ4n) is 3.12. The van der Waals surface area contributed by atoms with Crippen molar-refractivity contribution in [1.82, 2.24) is 5.32 Å². The summed E-state index contributed by atoms with van der Waals surface area (Å²) in [6.45, 7) is 0. The fourth-order valence-corrected chi connectivity index (χ4v) is 3.31. The van der Waals surface area contributed by atoms with Gasteiger partial charge in [0.15, 0.2) is 0 Å². The van der Waals surface area contributed by atoms with E-state index in [4.69, 9.17) is 17.3 Å². The molecule has 1 unspecified atom stereocenters. The fraction of sp³-hybridized carbons (Fsp3) is 0.222. The number of nitrogens with one attached hydrogen (secondary N) is 1. The second-order valence-electron chi connectivity index (χ2n) is 5.90. The second-order valence-corrected chi connectivity index (χ2v) is 6.31. The molecule has 1 aliphatic rings. The number of benzene rings is 2. The van der Waals surface area contributed by atoms with E-state index in [0.29, 0.717) is 18.4 Å². The molecular weight excluding hydrogens is 348 g/mol. The summed E-state index contributed by atoms with van der Waals surface area (Å²) in [5, 5.41) is 2.37. The van der Waals surface area contributed by atoms with Gasteiger partial charge in [-0.3, -0.25) is 0 Å². The van der Waals surface area contributed by atoms with E-state index in [9.17, 15) is 13.6 Å². The molecule has 1 atom stereocenters. The number of amides is 2. The van der Waals surface area contributed by atoms with E-state index >= 15 is 0 Å². The standard InChI is InChI=1S/C18H16ClF2N3O/c1-23-18(25)24-17(22)13-4-2-3-12(16(13)21)11-5-9-7-14(19)15(20)8-10(9)6-11/h2-4,7-8,11H,5-6H2,1H3,(H3,22,23,24,25). The van der Waals surface area contributed by atoms with Crippen LogP contribution in [0.3, 0.4) is 0 Å². The van der Waals surface area contributed by atoms with Gasteiger partial charge in [-0.25, -0.2) is 13.6 Å². The average Bonchev–Trinajstić information content (AvgIpc) is 2.97. The maximum absolute atomic E-state index is 14.9. The van der Waals surface area contributed by atoms with Crippen molar-refractivity contribution in [1.29, 1.82) is 0 Å². The lowest BCUT2D eigenvalue weighted by molar-refractivity contribution is 0.251. The Kier molecular flexibility index (Phi) is 4.72. The molecule has 0 aromatic heterocycles. The van der Waals surface area contributed by atoms with Crippen LogP contribution in [-0.4, -0.2) is 18.9 Å². The van der Waals surface area contributed by atoms with Gasteiger partial charge in [-0.15, -0.1) is 0 Å². The number of hydrogen-bond donors (Lipinski definition) is 2. The van der Waals surface area contributed by atoms with Crippen molar-refractivity contribution in [2.75, 3.05) is 7.05 Å². The molecule has 0 bridgehead atoms. The van der Waals surface area contributed by atoms with Crippen LogP contribution in [0.15, 0.2) is 35.3 Å². The van der Waals surface area contributed by atoms with Crippen LogP contribution < -0.4 is 11.1 Å². The minimum atomic E-state index is -0.652. The first-order valence-electron chi connectivity index (χ1n) is 7.72. The first kappa shape index (κ1) is 17.4. The van der Waals surface area contributed by atoms with E-state index in [1.165, 1.54) is 19.2 Å². The summed E-state index contributed by atoms with van der Waals surface area (Å²) in [7, 11) is 1.41. The summed E-state index contributed by atoms with van der Waals surface area (Å²) >= 11 is 5.83. The third kappa shape index (κ3) is 3.35. The Morgan fingerprint density at radius 1 is 1.28 bits per heavy atom. The number of halogens is 3. The van der Waals surface area contributed by atoms with Gasteiger partial charge in [0.05, 0.1) is 10.6 Å². The Bertz CT molecular complexity index is 852. The molecule has 0 heterocycles. The van der Waals surface area contributed by atoms with E-state index in [1.807, 2.05) is 0 Å². The molecule has 1 aliphatic carbocycles. The lowest BCUT2D eigenvalue weighted by atomic mass is 9.93. The maximum atomic E-state index is 14.9. The number of aliphatic imine (C=N–C) groups is 1. The number of hydrogen-bond acceptors (Lipinski definition) is 1. The zero-order chi connectivity index (χ0) is 18.1. The number of nitrogens with zero attached hydrogens (tertiary/aromatic N) is 1. The Morgan fingerprint density at radius 3 is 2.64 bits per heavy atom. The summed E-state index contributed by atoms with van der Waals surface area (Å²) in [6.07, 6.45) is 1.07. The quantitative estimate of drug-likeness (QED) is 0.633. The van der Waals surface area contributed by atoms with Gasteiger partial charge >= 0.3 is 6.03 Å². The van der Waals surface area contributed by atoms with Gasteiger partial charge in [0.1, 0.15) is 17.5 Å². The first-order chi connectivity index (χ1) is 11.9. The van der Waals surface area contributed by atoms with Crippen molar-refractivity contribution in [3.63, 3.8) is 0 Å². The van der Waals surface area contributed by atoms with Crippen molar-refractivity contribution in [2.45, 2.75) is 18.8 Å². The molecule has 0 saturated heterocycles. The SMILES string of the molecule is CNC(=O)/N=C(\N)c1cccc(C2Cc3cc(F)c(Cl)cc3C2)c1F. The van der Waals surface area contributed by atoms with Crippen LogP contribution in [0.1, 0.15) is 28.2 Å². The predicted molar refractivity (Wildman–Crippen MR) is 93.1 cm³/mol. The predicted octanol–water partition coefficient (Wildman–Crippen LogP) is 3.55. The van der Waals surface area contributed by atoms with Gasteiger partial charge in [0.2, 0.25) is 0 Å². The van der Waals surface area contributed by atoms with Gasteiger partial charge < -0.3 is 11.1 Å². The Morgan fingerprint density at radius 2 is 1.96 bits per heavy atom. The Hall–Kier alpha value is -2.47. The normalized spacial score (nSPS) is 16.6. The summed E-state index contributed by atoms with van der Waals surface area (Å²) in [5.41, 5.74) is 8.01. The highest BCUT2D eigenvalue weighted by molar-refractivity contribution is 6.30. The molecule has 0 spiro atoms. The number of rotatable bonds is 2. The van der Waals surface area contributed by atoms with Crippen molar-refractivity contribution < 1.29 is 13.6 Å². The maximum Gasteiger partial charge on any atom is 0.342 e. The minimum Gasteiger partial charge on any atom is -0.383 e. The molecule has 3 rings (SSSR count). The molecule has 0 radical (unpaired) electrons. The molecule has 2 aromatic carbocycles. The second kappa shape index (κ2) is 6.80. The van der Waals surface area contributed by atoms with E-state index in [-0.39, 0.29) is 22.3 Å². The molecule has 7 heteroatoms. The summed E-state index contributed by atoms with van der Waals surface area (Å²) in [5.74, 6) is -1.34. The number of fused-ring (bicyclic) bond motifs is 1. The van der Waals surface area contributed by atoms with Crippen LogP contribution in [0.5, 0.6) is 0 Å². The van der Waals surface area contributed by atoms with Crippen LogP contribution >= 0.6 is 11.6 Å². The molecule has 0 saturated carbocycles. The van der Waals surface area contributed by atoms with Crippen LogP contribution in [0.4, 0.5) is 13.6 Å². The number of nitrogens with two attached hydrogens (primary N) is 1. The summed E-state index contributed by atoms with van der Waals surface area (Å²) < 4.78 is 28.5. The van der Waals surface area contributed by atoms with Crippen molar-refractivity contribution in [3.8, 4) is 0 Å². The lowest BCUT2D eigenvalue weighted by Gasteiger charge is -2.13. The van der Waals surface area contributed by atoms with E-state index in [0.717, 1.165) is 11.1 Å². The molecule has 0 aliphatic heterocycles. The Labute approximate surface area is 148 Å². The van der Waals surface area contributed by atoms with Crippen LogP contribution in [-0.2, 0) is 12.8 Å². The summed E-state index contributed by atoms with van der Waals surface area (Å²) in [4.78, 5) is 14.9. The van der Waals surface area contributed by atoms with Gasteiger partial charge in [-0.1, -0.05) is 23.7 Å². The highest BCUT2D eigenvalue weighted by Gasteiger charge is 2.27. The zero-order valence-corrected chi connectivity index (χ0v) is 14.2. The monoisotopic (exact) mass is 363 g/mol. The third-order valence-corrected chi connectivity index (χ3v) is 4.65. The van der Waals surface area contributed by atoms with Gasteiger partial charge in [0.25, 0.3) is 0 Å². The third-order valence-electron chi connectivity index (χ3n) is 4.36. The number of urea groups is 1. The highest BCUT2D eigenvalue weighted by atomic mass is 35.5. The summed E-state index contributed by atoms with van der Waals surface area (Å²) in [6, 6.07) is 7.15. The molecule has 25 heavy (non-hydrogen) atoms. The molecule has 3 N–H and O–H groups in total. The molecule has 2 aromatic rings. The Balaban J connectivity index is 1.94. The largest absolute Gasteiger partial charge is 0.383 e. The van der Waals surface area contributed by atoms with E-state index in [2.05, 4.69) is 10.3 Å². The number of amidine groups is 1. The van der Waals surface area contributed by atoms with Gasteiger partial charge in [-0.2, -0.15) is 4.99 Å². The smallest absolute Gasteiger partial charge is 0.342 e. The average molecular weight is 364 g/mol. The molecule has 2 amide bonds. The molecular formula is C18H16ClF2N3O.